The topological polar surface area (TPSA) is 52.7 Å². The van der Waals surface area contributed by atoms with Gasteiger partial charge in [0.25, 0.3) is 0 Å². The maximum absolute atomic E-state index is 12.7. The Bertz CT molecular complexity index is 623. The van der Waals surface area contributed by atoms with Crippen molar-refractivity contribution in [3.63, 3.8) is 0 Å². The van der Waals surface area contributed by atoms with Crippen molar-refractivity contribution in [1.29, 1.82) is 0 Å². The number of anilines is 1. The molecule has 0 radical (unpaired) electrons. The second kappa shape index (κ2) is 7.34. The lowest BCUT2D eigenvalue weighted by atomic mass is 10.1. The van der Waals surface area contributed by atoms with Gasteiger partial charge in [-0.05, 0) is 63.4 Å². The van der Waals surface area contributed by atoms with E-state index in [-0.39, 0.29) is 11.8 Å². The third kappa shape index (κ3) is 3.61. The lowest BCUT2D eigenvalue weighted by molar-refractivity contribution is -0.132. The number of benzene rings is 1. The summed E-state index contributed by atoms with van der Waals surface area (Å²) in [6, 6.07) is 6.10. The number of likely N-dealkylation sites (tertiary alicyclic amines) is 1. The van der Waals surface area contributed by atoms with Crippen molar-refractivity contribution in [1.82, 2.24) is 10.2 Å². The Hall–Kier alpha value is -1.88. The van der Waals surface area contributed by atoms with Crippen molar-refractivity contribution in [2.24, 2.45) is 5.92 Å². The molecule has 1 aromatic carbocycles. The van der Waals surface area contributed by atoms with Crippen LogP contribution >= 0.6 is 0 Å². The highest BCUT2D eigenvalue weighted by Gasteiger charge is 2.37. The molecule has 1 atom stereocenters. The minimum absolute atomic E-state index is 0.0672. The summed E-state index contributed by atoms with van der Waals surface area (Å²) in [5, 5.41) is 2.95. The highest BCUT2D eigenvalue weighted by Crippen LogP contribution is 2.29. The van der Waals surface area contributed by atoms with Crippen molar-refractivity contribution in [3.05, 3.63) is 29.3 Å². The highest BCUT2D eigenvalue weighted by atomic mass is 16.2. The fourth-order valence-electron chi connectivity index (χ4n) is 3.64. The molecule has 0 spiro atoms. The van der Waals surface area contributed by atoms with Crippen LogP contribution < -0.4 is 10.2 Å². The Kier molecular flexibility index (Phi) is 5.19. The monoisotopic (exact) mass is 329 g/mol. The molecule has 3 rings (SSSR count). The van der Waals surface area contributed by atoms with Crippen LogP contribution in [-0.2, 0) is 9.59 Å². The first kappa shape index (κ1) is 17.0. The molecule has 5 nitrogen and oxygen atoms in total. The van der Waals surface area contributed by atoms with Gasteiger partial charge in [0.15, 0.2) is 0 Å². The van der Waals surface area contributed by atoms with E-state index in [4.69, 9.17) is 0 Å². The van der Waals surface area contributed by atoms with E-state index in [1.54, 1.807) is 4.90 Å². The average Bonchev–Trinajstić information content (AvgIpc) is 3.19. The number of nitrogens with zero attached hydrogens (tertiary/aromatic N) is 2. The Morgan fingerprint density at radius 3 is 2.71 bits per heavy atom. The first-order valence-corrected chi connectivity index (χ1v) is 8.95. The van der Waals surface area contributed by atoms with Crippen molar-refractivity contribution >= 4 is 17.5 Å². The summed E-state index contributed by atoms with van der Waals surface area (Å²) in [4.78, 5) is 29.2. The Morgan fingerprint density at radius 2 is 1.96 bits per heavy atom. The van der Waals surface area contributed by atoms with E-state index in [2.05, 4.69) is 10.2 Å². The summed E-state index contributed by atoms with van der Waals surface area (Å²) in [6.45, 7) is 8.40. The molecule has 0 aliphatic carbocycles. The van der Waals surface area contributed by atoms with E-state index in [9.17, 15) is 9.59 Å². The molecule has 1 aromatic rings. The van der Waals surface area contributed by atoms with Crippen molar-refractivity contribution in [3.8, 4) is 0 Å². The van der Waals surface area contributed by atoms with Crippen LogP contribution in [0.15, 0.2) is 18.2 Å². The molecule has 2 aliphatic heterocycles. The van der Waals surface area contributed by atoms with Gasteiger partial charge in [0, 0.05) is 25.3 Å². The maximum atomic E-state index is 12.7. The Balaban J connectivity index is 1.56. The second-order valence-corrected chi connectivity index (χ2v) is 6.96. The van der Waals surface area contributed by atoms with Crippen LogP contribution in [0.5, 0.6) is 0 Å². The van der Waals surface area contributed by atoms with E-state index in [0.717, 1.165) is 36.4 Å². The molecule has 2 aliphatic rings. The van der Waals surface area contributed by atoms with Gasteiger partial charge in [-0.3, -0.25) is 9.59 Å². The fraction of sp³-hybridized carbons (Fsp3) is 0.579. The third-order valence-electron chi connectivity index (χ3n) is 5.10. The molecular formula is C19H27N3O2. The van der Waals surface area contributed by atoms with Crippen LogP contribution in [0.1, 0.15) is 30.4 Å². The summed E-state index contributed by atoms with van der Waals surface area (Å²) >= 11 is 0. The van der Waals surface area contributed by atoms with Gasteiger partial charge in [0.2, 0.25) is 11.8 Å². The quantitative estimate of drug-likeness (QED) is 0.839. The van der Waals surface area contributed by atoms with Gasteiger partial charge in [-0.2, -0.15) is 0 Å². The second-order valence-electron chi connectivity index (χ2n) is 6.96. The smallest absolute Gasteiger partial charge is 0.239 e. The van der Waals surface area contributed by atoms with Gasteiger partial charge in [0.1, 0.15) is 5.92 Å². The molecule has 0 bridgehead atoms. The first-order valence-electron chi connectivity index (χ1n) is 8.95. The SMILES string of the molecule is Cc1ccc(C)c(N2CCC(C(=O)NCCN3CCCC3)C2=O)c1. The molecule has 2 heterocycles. The van der Waals surface area contributed by atoms with Crippen LogP contribution in [0.2, 0.25) is 0 Å². The van der Waals surface area contributed by atoms with Gasteiger partial charge in [0.05, 0.1) is 0 Å². The summed E-state index contributed by atoms with van der Waals surface area (Å²) < 4.78 is 0. The fourth-order valence-corrected chi connectivity index (χ4v) is 3.64. The van der Waals surface area contributed by atoms with Crippen LogP contribution in [0.25, 0.3) is 0 Å². The zero-order valence-electron chi connectivity index (χ0n) is 14.7. The Labute approximate surface area is 144 Å². The minimum Gasteiger partial charge on any atom is -0.354 e. The highest BCUT2D eigenvalue weighted by molar-refractivity contribution is 6.09. The van der Waals surface area contributed by atoms with Gasteiger partial charge in [-0.15, -0.1) is 0 Å². The van der Waals surface area contributed by atoms with Gasteiger partial charge >= 0.3 is 0 Å². The molecule has 5 heteroatoms. The third-order valence-corrected chi connectivity index (χ3v) is 5.10. The molecule has 1 N–H and O–H groups in total. The van der Waals surface area contributed by atoms with Gasteiger partial charge < -0.3 is 15.1 Å². The Morgan fingerprint density at radius 1 is 1.21 bits per heavy atom. The molecule has 130 valence electrons. The average molecular weight is 329 g/mol. The minimum atomic E-state index is -0.538. The van der Waals surface area contributed by atoms with Crippen molar-refractivity contribution < 1.29 is 9.59 Å². The largest absolute Gasteiger partial charge is 0.354 e. The van der Waals surface area contributed by atoms with E-state index >= 15 is 0 Å². The van der Waals surface area contributed by atoms with Gasteiger partial charge in [-0.1, -0.05) is 12.1 Å². The van der Waals surface area contributed by atoms with Crippen LogP contribution in [0.4, 0.5) is 5.69 Å². The molecule has 2 amide bonds. The molecule has 0 aromatic heterocycles. The number of rotatable bonds is 5. The number of carbonyl (C=O) groups is 2. The van der Waals surface area contributed by atoms with Crippen LogP contribution in [-0.4, -0.2) is 49.4 Å². The summed E-state index contributed by atoms with van der Waals surface area (Å²) in [5.74, 6) is -0.724. The lowest BCUT2D eigenvalue weighted by Gasteiger charge is -2.20. The number of hydrogen-bond donors (Lipinski definition) is 1. The summed E-state index contributed by atoms with van der Waals surface area (Å²) in [7, 11) is 0. The lowest BCUT2D eigenvalue weighted by Crippen LogP contribution is -2.40. The first-order chi connectivity index (χ1) is 11.6. The number of amides is 2. The molecule has 2 saturated heterocycles. The standard InChI is InChI=1S/C19H27N3O2/c1-14-5-6-15(2)17(13-14)22-11-7-16(19(22)24)18(23)20-8-12-21-9-3-4-10-21/h5-6,13,16H,3-4,7-12H2,1-2H3,(H,20,23). The number of hydrogen-bond acceptors (Lipinski definition) is 3. The molecule has 1 unspecified atom stereocenters. The van der Waals surface area contributed by atoms with Crippen molar-refractivity contribution in [2.75, 3.05) is 37.6 Å². The predicted molar refractivity (Wildman–Crippen MR) is 95.1 cm³/mol. The van der Waals surface area contributed by atoms with E-state index in [0.29, 0.717) is 19.5 Å². The molecule has 24 heavy (non-hydrogen) atoms. The predicted octanol–water partition coefficient (Wildman–Crippen LogP) is 1.87. The number of nitrogens with one attached hydrogen (secondary N) is 1. The maximum Gasteiger partial charge on any atom is 0.239 e. The van der Waals surface area contributed by atoms with Crippen LogP contribution in [0, 0.1) is 19.8 Å². The normalized spacial score (nSPS) is 21.5. The number of aryl methyl sites for hydroxylation is 2. The molecule has 2 fully saturated rings. The van der Waals surface area contributed by atoms with E-state index < -0.39 is 5.92 Å². The zero-order valence-corrected chi connectivity index (χ0v) is 14.7. The summed E-state index contributed by atoms with van der Waals surface area (Å²) in [6.07, 6.45) is 3.10. The van der Waals surface area contributed by atoms with E-state index in [1.165, 1.54) is 12.8 Å². The van der Waals surface area contributed by atoms with Gasteiger partial charge in [-0.25, -0.2) is 0 Å². The molecule has 0 saturated carbocycles. The van der Waals surface area contributed by atoms with Crippen LogP contribution in [0.3, 0.4) is 0 Å². The van der Waals surface area contributed by atoms with E-state index in [1.807, 2.05) is 32.0 Å². The zero-order chi connectivity index (χ0) is 17.1. The van der Waals surface area contributed by atoms with Crippen molar-refractivity contribution in [2.45, 2.75) is 33.1 Å². The molecular weight excluding hydrogens is 302 g/mol. The number of carbonyl (C=O) groups excluding carboxylic acids is 2. The summed E-state index contributed by atoms with van der Waals surface area (Å²) in [5.41, 5.74) is 3.14.